The molecular weight excluding hydrogens is 396 g/mol. The van der Waals surface area contributed by atoms with Crippen LogP contribution in [0.4, 0.5) is 4.39 Å². The van der Waals surface area contributed by atoms with Gasteiger partial charge in [0.05, 0.1) is 29.3 Å². The lowest BCUT2D eigenvalue weighted by Crippen LogP contribution is -2.09. The second kappa shape index (κ2) is 7.78. The molecule has 0 saturated carbocycles. The van der Waals surface area contributed by atoms with Gasteiger partial charge in [-0.15, -0.1) is 24.8 Å². The second-order valence-corrected chi connectivity index (χ2v) is 6.30. The van der Waals surface area contributed by atoms with Gasteiger partial charge in [-0.1, -0.05) is 23.7 Å². The number of rotatable bonds is 1. The molecule has 0 N–H and O–H groups in total. The van der Waals surface area contributed by atoms with Crippen molar-refractivity contribution in [1.29, 1.82) is 0 Å². The fourth-order valence-corrected chi connectivity index (χ4v) is 3.33. The van der Waals surface area contributed by atoms with Gasteiger partial charge < -0.3 is 0 Å². The first kappa shape index (κ1) is 20.4. The van der Waals surface area contributed by atoms with E-state index in [-0.39, 0.29) is 36.7 Å². The molecule has 0 fully saturated rings. The second-order valence-electron chi connectivity index (χ2n) is 5.86. The Morgan fingerprint density at radius 1 is 1.08 bits per heavy atom. The van der Waals surface area contributed by atoms with E-state index in [1.165, 1.54) is 6.07 Å². The third-order valence-electron chi connectivity index (χ3n) is 4.30. The van der Waals surface area contributed by atoms with Gasteiger partial charge in [0.2, 0.25) is 0 Å². The standard InChI is InChI=1S/C19H15ClFN3.2ClH/c1-11-18-10-22-12(2)24(18)17-8-7-13(20)9-15(17)19(23-11)14-5-3-4-6-16(14)21;;/h3-11H,1-2H3;2*1H. The molecular formula is C19H17Cl3FN3. The first-order valence-corrected chi connectivity index (χ1v) is 8.11. The largest absolute Gasteiger partial charge is 0.298 e. The summed E-state index contributed by atoms with van der Waals surface area (Å²) in [7, 11) is 0. The van der Waals surface area contributed by atoms with Crippen LogP contribution >= 0.6 is 36.4 Å². The molecule has 1 aliphatic rings. The minimum Gasteiger partial charge on any atom is -0.298 e. The lowest BCUT2D eigenvalue weighted by atomic mass is 10.00. The van der Waals surface area contributed by atoms with E-state index in [4.69, 9.17) is 16.6 Å². The molecule has 0 amide bonds. The molecule has 3 aromatic rings. The van der Waals surface area contributed by atoms with E-state index in [0.29, 0.717) is 16.3 Å². The van der Waals surface area contributed by atoms with Crippen LogP contribution in [-0.2, 0) is 0 Å². The normalized spacial score (nSPS) is 14.9. The molecule has 4 rings (SSSR count). The van der Waals surface area contributed by atoms with Crippen LogP contribution < -0.4 is 0 Å². The van der Waals surface area contributed by atoms with Crippen molar-refractivity contribution in [3.8, 4) is 5.69 Å². The van der Waals surface area contributed by atoms with E-state index >= 15 is 0 Å². The fourth-order valence-electron chi connectivity index (χ4n) is 3.16. The van der Waals surface area contributed by atoms with Crippen LogP contribution in [0.1, 0.15) is 35.6 Å². The van der Waals surface area contributed by atoms with E-state index in [2.05, 4.69) is 9.55 Å². The predicted octanol–water partition coefficient (Wildman–Crippen LogP) is 5.73. The van der Waals surface area contributed by atoms with Crippen LogP contribution in [0.3, 0.4) is 0 Å². The van der Waals surface area contributed by atoms with Crippen LogP contribution in [0.5, 0.6) is 0 Å². The van der Waals surface area contributed by atoms with Gasteiger partial charge in [-0.25, -0.2) is 9.37 Å². The Morgan fingerprint density at radius 2 is 1.81 bits per heavy atom. The molecule has 0 saturated heterocycles. The number of aryl methyl sites for hydroxylation is 1. The highest BCUT2D eigenvalue weighted by Gasteiger charge is 2.25. The van der Waals surface area contributed by atoms with E-state index in [1.807, 2.05) is 44.3 Å². The molecule has 26 heavy (non-hydrogen) atoms. The van der Waals surface area contributed by atoms with Crippen molar-refractivity contribution in [3.05, 3.63) is 82.1 Å². The molecule has 7 heteroatoms. The summed E-state index contributed by atoms with van der Waals surface area (Å²) in [6, 6.07) is 12.1. The summed E-state index contributed by atoms with van der Waals surface area (Å²) in [6.45, 7) is 3.93. The molecule has 2 aromatic carbocycles. The number of aliphatic imine (C=N–C) groups is 1. The number of imidazole rings is 1. The average molecular weight is 413 g/mol. The fraction of sp³-hybridized carbons (Fsp3) is 0.158. The van der Waals surface area contributed by atoms with E-state index < -0.39 is 0 Å². The first-order chi connectivity index (χ1) is 11.6. The average Bonchev–Trinajstić information content (AvgIpc) is 2.89. The van der Waals surface area contributed by atoms with Gasteiger partial charge in [0.1, 0.15) is 11.6 Å². The number of hydrogen-bond acceptors (Lipinski definition) is 2. The predicted molar refractivity (Wildman–Crippen MR) is 108 cm³/mol. The Labute approximate surface area is 168 Å². The molecule has 1 aliphatic heterocycles. The van der Waals surface area contributed by atoms with E-state index in [0.717, 1.165) is 22.8 Å². The van der Waals surface area contributed by atoms with Crippen LogP contribution in [-0.4, -0.2) is 15.3 Å². The maximum absolute atomic E-state index is 14.4. The smallest absolute Gasteiger partial charge is 0.132 e. The Morgan fingerprint density at radius 3 is 2.54 bits per heavy atom. The van der Waals surface area contributed by atoms with Crippen molar-refractivity contribution in [2.24, 2.45) is 4.99 Å². The lowest BCUT2D eigenvalue weighted by molar-refractivity contribution is 0.625. The topological polar surface area (TPSA) is 30.2 Å². The van der Waals surface area contributed by atoms with Crippen LogP contribution in [0.2, 0.25) is 5.02 Å². The van der Waals surface area contributed by atoms with Gasteiger partial charge in [0.15, 0.2) is 0 Å². The van der Waals surface area contributed by atoms with Crippen molar-refractivity contribution in [2.75, 3.05) is 0 Å². The van der Waals surface area contributed by atoms with Crippen molar-refractivity contribution in [3.63, 3.8) is 0 Å². The number of nitrogens with zero attached hydrogens (tertiary/aromatic N) is 3. The highest BCUT2D eigenvalue weighted by atomic mass is 35.5. The van der Waals surface area contributed by atoms with Crippen molar-refractivity contribution in [1.82, 2.24) is 9.55 Å². The molecule has 3 nitrogen and oxygen atoms in total. The Hall–Kier alpha value is -1.88. The summed E-state index contributed by atoms with van der Waals surface area (Å²) in [4.78, 5) is 9.21. The van der Waals surface area contributed by atoms with Gasteiger partial charge >= 0.3 is 0 Å². The minimum atomic E-state index is -0.296. The molecule has 1 unspecified atom stereocenters. The summed E-state index contributed by atoms with van der Waals surface area (Å²) < 4.78 is 16.5. The van der Waals surface area contributed by atoms with Crippen LogP contribution in [0, 0.1) is 12.7 Å². The molecule has 0 spiro atoms. The number of halogens is 4. The van der Waals surface area contributed by atoms with Gasteiger partial charge in [-0.2, -0.15) is 0 Å². The maximum atomic E-state index is 14.4. The third kappa shape index (κ3) is 3.25. The van der Waals surface area contributed by atoms with Gasteiger partial charge in [-0.05, 0) is 44.2 Å². The van der Waals surface area contributed by atoms with Crippen LogP contribution in [0.25, 0.3) is 5.69 Å². The molecule has 0 bridgehead atoms. The Kier molecular flexibility index (Phi) is 6.12. The first-order valence-electron chi connectivity index (χ1n) is 7.73. The molecule has 2 heterocycles. The Balaban J connectivity index is 0.00000121. The molecule has 1 atom stereocenters. The molecule has 1 aromatic heterocycles. The molecule has 0 radical (unpaired) electrons. The van der Waals surface area contributed by atoms with Crippen molar-refractivity contribution in [2.45, 2.75) is 19.9 Å². The lowest BCUT2D eigenvalue weighted by Gasteiger charge is -2.14. The minimum absolute atomic E-state index is 0. The SMILES string of the molecule is Cc1ncc2n1-c1ccc(Cl)cc1C(c1ccccc1F)=NC2C.Cl.Cl. The van der Waals surface area contributed by atoms with Gasteiger partial charge in [0.25, 0.3) is 0 Å². The van der Waals surface area contributed by atoms with Crippen LogP contribution in [0.15, 0.2) is 53.7 Å². The summed E-state index contributed by atoms with van der Waals surface area (Å²) in [5.41, 5.74) is 3.78. The molecule has 136 valence electrons. The summed E-state index contributed by atoms with van der Waals surface area (Å²) in [5, 5.41) is 0.590. The van der Waals surface area contributed by atoms with Crippen molar-refractivity contribution < 1.29 is 4.39 Å². The molecule has 0 aliphatic carbocycles. The zero-order valence-corrected chi connectivity index (χ0v) is 16.5. The maximum Gasteiger partial charge on any atom is 0.132 e. The highest BCUT2D eigenvalue weighted by Crippen LogP contribution is 2.33. The quantitative estimate of drug-likeness (QED) is 0.502. The summed E-state index contributed by atoms with van der Waals surface area (Å²) in [6.07, 6.45) is 1.83. The van der Waals surface area contributed by atoms with Crippen molar-refractivity contribution >= 4 is 42.1 Å². The third-order valence-corrected chi connectivity index (χ3v) is 4.53. The zero-order valence-electron chi connectivity index (χ0n) is 14.1. The zero-order chi connectivity index (χ0) is 16.8. The number of aromatic nitrogens is 2. The van der Waals surface area contributed by atoms with E-state index in [9.17, 15) is 4.39 Å². The number of benzene rings is 2. The van der Waals surface area contributed by atoms with Gasteiger partial charge in [0, 0.05) is 16.1 Å². The summed E-state index contributed by atoms with van der Waals surface area (Å²) >= 11 is 6.23. The number of fused-ring (bicyclic) bond motifs is 3. The number of hydrogen-bond donors (Lipinski definition) is 0. The monoisotopic (exact) mass is 411 g/mol. The highest BCUT2D eigenvalue weighted by molar-refractivity contribution is 6.31. The Bertz CT molecular complexity index is 982. The van der Waals surface area contributed by atoms with Gasteiger partial charge in [-0.3, -0.25) is 9.56 Å². The van der Waals surface area contributed by atoms with E-state index in [1.54, 1.807) is 12.1 Å². The summed E-state index contributed by atoms with van der Waals surface area (Å²) in [5.74, 6) is 0.571.